The van der Waals surface area contributed by atoms with Gasteiger partial charge < -0.3 is 10.4 Å². The van der Waals surface area contributed by atoms with E-state index in [1.807, 2.05) is 20.8 Å². The quantitative estimate of drug-likeness (QED) is 0.638. The number of nitro groups is 1. The third-order valence-corrected chi connectivity index (χ3v) is 3.09. The molecule has 0 bridgehead atoms. The molecule has 1 aromatic carbocycles. The van der Waals surface area contributed by atoms with Crippen LogP contribution in [0.15, 0.2) is 24.3 Å². The van der Waals surface area contributed by atoms with Crippen molar-refractivity contribution in [1.82, 2.24) is 5.32 Å². The Balaban J connectivity index is 2.89. The van der Waals surface area contributed by atoms with Gasteiger partial charge in [-0.05, 0) is 17.9 Å². The zero-order chi connectivity index (χ0) is 15.3. The number of hydrogen-bond donors (Lipinski definition) is 2. The Kier molecular flexibility index (Phi) is 5.21. The van der Waals surface area contributed by atoms with Crippen LogP contribution in [0.1, 0.15) is 37.6 Å². The molecule has 1 amide bonds. The summed E-state index contributed by atoms with van der Waals surface area (Å²) in [6.45, 7) is 5.85. The number of nitro benzene ring substituents is 1. The first-order valence-corrected chi connectivity index (χ1v) is 6.42. The summed E-state index contributed by atoms with van der Waals surface area (Å²) in [5.41, 5.74) is -0.0856. The fraction of sp³-hybridized carbons (Fsp3) is 0.500. The molecule has 1 atom stereocenters. The van der Waals surface area contributed by atoms with Gasteiger partial charge in [0, 0.05) is 30.3 Å². The van der Waals surface area contributed by atoms with Gasteiger partial charge in [0.1, 0.15) is 0 Å². The van der Waals surface area contributed by atoms with Gasteiger partial charge in [0.25, 0.3) is 11.6 Å². The molecule has 0 aliphatic rings. The number of carbonyl (C=O) groups excluding carboxylic acids is 1. The predicted molar refractivity (Wildman–Crippen MR) is 75.5 cm³/mol. The van der Waals surface area contributed by atoms with Gasteiger partial charge in [-0.1, -0.05) is 26.8 Å². The van der Waals surface area contributed by atoms with Crippen LogP contribution in [0, 0.1) is 15.5 Å². The number of rotatable bonds is 5. The lowest BCUT2D eigenvalue weighted by atomic mass is 9.84. The van der Waals surface area contributed by atoms with Crippen molar-refractivity contribution in [2.24, 2.45) is 5.41 Å². The molecule has 6 nitrogen and oxygen atoms in total. The minimum Gasteiger partial charge on any atom is -0.396 e. The molecule has 110 valence electrons. The van der Waals surface area contributed by atoms with Gasteiger partial charge in [0.05, 0.1) is 4.92 Å². The first kappa shape index (κ1) is 16.1. The standard InChI is InChI=1S/C14H20N2O4/c1-14(2,3)12(7-8-17)15-13(18)10-5-4-6-11(9-10)16(19)20/h4-6,9,12,17H,7-8H2,1-3H3,(H,15,18). The smallest absolute Gasteiger partial charge is 0.270 e. The molecule has 0 saturated heterocycles. The highest BCUT2D eigenvalue weighted by Gasteiger charge is 2.26. The highest BCUT2D eigenvalue weighted by molar-refractivity contribution is 5.95. The van der Waals surface area contributed by atoms with Crippen molar-refractivity contribution in [3.05, 3.63) is 39.9 Å². The van der Waals surface area contributed by atoms with Crippen molar-refractivity contribution in [2.75, 3.05) is 6.61 Å². The van der Waals surface area contributed by atoms with Crippen LogP contribution < -0.4 is 5.32 Å². The second-order valence-corrected chi connectivity index (χ2v) is 5.71. The molecule has 0 saturated carbocycles. The molecule has 0 aliphatic heterocycles. The molecule has 1 rings (SSSR count). The molecular weight excluding hydrogens is 260 g/mol. The SMILES string of the molecule is CC(C)(C)C(CCO)NC(=O)c1cccc([N+](=O)[O-])c1. The average molecular weight is 280 g/mol. The Hall–Kier alpha value is -1.95. The first-order valence-electron chi connectivity index (χ1n) is 6.42. The Morgan fingerprint density at radius 2 is 2.10 bits per heavy atom. The van der Waals surface area contributed by atoms with E-state index in [9.17, 15) is 14.9 Å². The van der Waals surface area contributed by atoms with Crippen molar-refractivity contribution in [3.8, 4) is 0 Å². The fourth-order valence-corrected chi connectivity index (χ4v) is 1.85. The minimum atomic E-state index is -0.536. The Morgan fingerprint density at radius 1 is 1.45 bits per heavy atom. The van der Waals surface area contributed by atoms with Gasteiger partial charge in [0.2, 0.25) is 0 Å². The van der Waals surface area contributed by atoms with E-state index in [4.69, 9.17) is 5.11 Å². The molecule has 1 aromatic rings. The Morgan fingerprint density at radius 3 is 2.60 bits per heavy atom. The summed E-state index contributed by atoms with van der Waals surface area (Å²) in [5, 5.41) is 22.6. The molecule has 0 radical (unpaired) electrons. The zero-order valence-electron chi connectivity index (χ0n) is 11.9. The second kappa shape index (κ2) is 6.47. The van der Waals surface area contributed by atoms with E-state index < -0.39 is 4.92 Å². The van der Waals surface area contributed by atoms with Crippen LogP contribution in [-0.2, 0) is 0 Å². The number of hydrogen-bond acceptors (Lipinski definition) is 4. The van der Waals surface area contributed by atoms with E-state index in [1.54, 1.807) is 0 Å². The third-order valence-electron chi connectivity index (χ3n) is 3.09. The van der Waals surface area contributed by atoms with Crippen LogP contribution in [0.3, 0.4) is 0 Å². The first-order chi connectivity index (χ1) is 9.25. The summed E-state index contributed by atoms with van der Waals surface area (Å²) >= 11 is 0. The monoisotopic (exact) mass is 280 g/mol. The maximum Gasteiger partial charge on any atom is 0.270 e. The Labute approximate surface area is 118 Å². The number of amides is 1. The second-order valence-electron chi connectivity index (χ2n) is 5.71. The van der Waals surface area contributed by atoms with E-state index >= 15 is 0 Å². The lowest BCUT2D eigenvalue weighted by molar-refractivity contribution is -0.384. The molecule has 0 aliphatic carbocycles. The molecule has 0 aromatic heterocycles. The van der Waals surface area contributed by atoms with Gasteiger partial charge in [-0.25, -0.2) is 0 Å². The molecule has 20 heavy (non-hydrogen) atoms. The average Bonchev–Trinajstić information content (AvgIpc) is 2.37. The number of nitrogens with one attached hydrogen (secondary N) is 1. The minimum absolute atomic E-state index is 0.0306. The van der Waals surface area contributed by atoms with Crippen LogP contribution in [0.25, 0.3) is 0 Å². The van der Waals surface area contributed by atoms with Crippen LogP contribution >= 0.6 is 0 Å². The number of benzene rings is 1. The molecule has 0 fully saturated rings. The topological polar surface area (TPSA) is 92.5 Å². The van der Waals surface area contributed by atoms with Gasteiger partial charge in [-0.2, -0.15) is 0 Å². The van der Waals surface area contributed by atoms with E-state index in [1.165, 1.54) is 24.3 Å². The zero-order valence-corrected chi connectivity index (χ0v) is 11.9. The maximum absolute atomic E-state index is 12.1. The number of aliphatic hydroxyl groups is 1. The molecule has 0 spiro atoms. The normalized spacial score (nSPS) is 12.8. The summed E-state index contributed by atoms with van der Waals surface area (Å²) in [7, 11) is 0. The highest BCUT2D eigenvalue weighted by atomic mass is 16.6. The lowest BCUT2D eigenvalue weighted by Gasteiger charge is -2.31. The summed E-state index contributed by atoms with van der Waals surface area (Å²) in [5.74, 6) is -0.373. The largest absolute Gasteiger partial charge is 0.396 e. The van der Waals surface area contributed by atoms with Gasteiger partial charge >= 0.3 is 0 Å². The molecule has 0 heterocycles. The summed E-state index contributed by atoms with van der Waals surface area (Å²) in [4.78, 5) is 22.3. The van der Waals surface area contributed by atoms with E-state index in [2.05, 4.69) is 5.32 Å². The van der Waals surface area contributed by atoms with Crippen LogP contribution in [0.4, 0.5) is 5.69 Å². The summed E-state index contributed by atoms with van der Waals surface area (Å²) < 4.78 is 0. The van der Waals surface area contributed by atoms with E-state index in [0.717, 1.165) is 0 Å². The van der Waals surface area contributed by atoms with Gasteiger partial charge in [0.15, 0.2) is 0 Å². The van der Waals surface area contributed by atoms with E-state index in [0.29, 0.717) is 6.42 Å². The predicted octanol–water partition coefficient (Wildman–Crippen LogP) is 2.12. The van der Waals surface area contributed by atoms with Gasteiger partial charge in [-0.3, -0.25) is 14.9 Å². The number of non-ortho nitro benzene ring substituents is 1. The van der Waals surface area contributed by atoms with Crippen LogP contribution in [0.5, 0.6) is 0 Å². The van der Waals surface area contributed by atoms with Crippen molar-refractivity contribution in [1.29, 1.82) is 0 Å². The van der Waals surface area contributed by atoms with Crippen molar-refractivity contribution < 1.29 is 14.8 Å². The van der Waals surface area contributed by atoms with Crippen molar-refractivity contribution >= 4 is 11.6 Å². The maximum atomic E-state index is 12.1. The third kappa shape index (κ3) is 4.31. The van der Waals surface area contributed by atoms with Crippen LogP contribution in [0.2, 0.25) is 0 Å². The lowest BCUT2D eigenvalue weighted by Crippen LogP contribution is -2.44. The number of carbonyl (C=O) groups is 1. The molecular formula is C14H20N2O4. The molecule has 1 unspecified atom stereocenters. The van der Waals surface area contributed by atoms with Crippen molar-refractivity contribution in [3.63, 3.8) is 0 Å². The summed E-state index contributed by atoms with van der Waals surface area (Å²) in [6.07, 6.45) is 0.435. The number of aliphatic hydroxyl groups excluding tert-OH is 1. The summed E-state index contributed by atoms with van der Waals surface area (Å²) in [6, 6.07) is 5.38. The highest BCUT2D eigenvalue weighted by Crippen LogP contribution is 2.22. The van der Waals surface area contributed by atoms with Gasteiger partial charge in [-0.15, -0.1) is 0 Å². The molecule has 2 N–H and O–H groups in total. The number of nitrogens with zero attached hydrogens (tertiary/aromatic N) is 1. The molecule has 6 heteroatoms. The Bertz CT molecular complexity index is 494. The van der Waals surface area contributed by atoms with E-state index in [-0.39, 0.29) is 35.2 Å². The van der Waals surface area contributed by atoms with Crippen LogP contribution in [-0.4, -0.2) is 28.6 Å². The fourth-order valence-electron chi connectivity index (χ4n) is 1.85. The van der Waals surface area contributed by atoms with Crippen molar-refractivity contribution in [2.45, 2.75) is 33.2 Å².